The molecule has 0 saturated heterocycles. The van der Waals surface area contributed by atoms with Gasteiger partial charge in [0.1, 0.15) is 15.0 Å². The highest BCUT2D eigenvalue weighted by atomic mass is 35.5. The quantitative estimate of drug-likeness (QED) is 0.607. The Morgan fingerprint density at radius 1 is 1.41 bits per heavy atom. The number of aromatic nitrogens is 2. The number of halogens is 3. The van der Waals surface area contributed by atoms with E-state index in [4.69, 9.17) is 39.5 Å². The normalized spacial score (nSPS) is 19.0. The molecule has 1 atom stereocenters. The van der Waals surface area contributed by atoms with Gasteiger partial charge in [0.05, 0.1) is 18.0 Å². The van der Waals surface area contributed by atoms with Crippen molar-refractivity contribution in [1.29, 1.82) is 0 Å². The average Bonchev–Trinajstić information content (AvgIpc) is 2.98. The molecular formula is C15H13Cl3N2O2. The summed E-state index contributed by atoms with van der Waals surface area (Å²) in [5.41, 5.74) is 1.55. The van der Waals surface area contributed by atoms with Gasteiger partial charge in [0, 0.05) is 5.92 Å². The number of hydrogen-bond acceptors (Lipinski definition) is 3. The third-order valence-corrected chi connectivity index (χ3v) is 4.86. The summed E-state index contributed by atoms with van der Waals surface area (Å²) in [6.45, 7) is 1.89. The summed E-state index contributed by atoms with van der Waals surface area (Å²) in [6.07, 6.45) is 0.624. The van der Waals surface area contributed by atoms with Crippen LogP contribution in [0, 0.1) is 12.8 Å². The highest BCUT2D eigenvalue weighted by Gasteiger charge is 2.52. The van der Waals surface area contributed by atoms with Crippen LogP contribution >= 0.6 is 34.8 Å². The number of esters is 1. The fraction of sp³-hybridized carbons (Fsp3) is 0.333. The molecule has 1 heterocycles. The predicted molar refractivity (Wildman–Crippen MR) is 86.1 cm³/mol. The number of rotatable bonds is 4. The number of carbonyl (C=O) groups is 1. The van der Waals surface area contributed by atoms with Gasteiger partial charge in [-0.1, -0.05) is 29.8 Å². The van der Waals surface area contributed by atoms with Crippen LogP contribution in [0.3, 0.4) is 0 Å². The molecular weight excluding hydrogens is 347 g/mol. The van der Waals surface area contributed by atoms with Crippen molar-refractivity contribution in [1.82, 2.24) is 9.78 Å². The molecule has 1 saturated carbocycles. The lowest BCUT2D eigenvalue weighted by atomic mass is 10.2. The van der Waals surface area contributed by atoms with Crippen LogP contribution in [0.1, 0.15) is 22.5 Å². The molecule has 4 nitrogen and oxygen atoms in total. The van der Waals surface area contributed by atoms with Crippen LogP contribution in [-0.4, -0.2) is 26.7 Å². The first-order valence-electron chi connectivity index (χ1n) is 6.75. The standard InChI is InChI=1S/C15H13Cl3N2O2/c1-9-12(14(21)22-8-10-7-15(10,17)18)13(16)20(19-9)11-5-3-2-4-6-11/h2-6,10H,7-8H2,1H3/t10-/m1/s1. The number of ether oxygens (including phenoxy) is 1. The SMILES string of the molecule is Cc1nn(-c2ccccc2)c(Cl)c1C(=O)OC[C@H]1CC1(Cl)Cl. The van der Waals surface area contributed by atoms with Crippen molar-refractivity contribution in [3.63, 3.8) is 0 Å². The summed E-state index contributed by atoms with van der Waals surface area (Å²) in [5, 5.41) is 4.53. The van der Waals surface area contributed by atoms with Gasteiger partial charge < -0.3 is 4.74 Å². The molecule has 7 heteroatoms. The Bertz CT molecular complexity index is 713. The maximum atomic E-state index is 12.2. The van der Waals surface area contributed by atoms with Gasteiger partial charge in [0.15, 0.2) is 0 Å². The Morgan fingerprint density at radius 3 is 2.64 bits per heavy atom. The Balaban J connectivity index is 1.79. The second-order valence-electron chi connectivity index (χ2n) is 5.26. The molecule has 0 amide bonds. The van der Waals surface area contributed by atoms with E-state index in [0.717, 1.165) is 5.69 Å². The summed E-state index contributed by atoms with van der Waals surface area (Å²) < 4.78 is 5.99. The second kappa shape index (κ2) is 5.76. The molecule has 0 radical (unpaired) electrons. The van der Waals surface area contributed by atoms with E-state index >= 15 is 0 Å². The van der Waals surface area contributed by atoms with E-state index in [9.17, 15) is 4.79 Å². The molecule has 1 fully saturated rings. The van der Waals surface area contributed by atoms with E-state index in [1.165, 1.54) is 4.68 Å². The van der Waals surface area contributed by atoms with Gasteiger partial charge in [-0.15, -0.1) is 23.2 Å². The summed E-state index contributed by atoms with van der Waals surface area (Å²) in [5.74, 6) is -0.538. The Kier molecular flexibility index (Phi) is 4.10. The van der Waals surface area contributed by atoms with Crippen LogP contribution < -0.4 is 0 Å². The van der Waals surface area contributed by atoms with Gasteiger partial charge in [-0.2, -0.15) is 5.10 Å². The molecule has 0 N–H and O–H groups in total. The van der Waals surface area contributed by atoms with Crippen molar-refractivity contribution in [2.75, 3.05) is 6.61 Å². The maximum absolute atomic E-state index is 12.2. The monoisotopic (exact) mass is 358 g/mol. The molecule has 22 heavy (non-hydrogen) atoms. The largest absolute Gasteiger partial charge is 0.462 e. The average molecular weight is 360 g/mol. The van der Waals surface area contributed by atoms with Gasteiger partial charge in [0.2, 0.25) is 0 Å². The maximum Gasteiger partial charge on any atom is 0.343 e. The fourth-order valence-corrected chi connectivity index (χ4v) is 3.02. The molecule has 1 aromatic carbocycles. The zero-order chi connectivity index (χ0) is 15.9. The van der Waals surface area contributed by atoms with Crippen LogP contribution in [0.5, 0.6) is 0 Å². The van der Waals surface area contributed by atoms with Gasteiger partial charge in [-0.3, -0.25) is 0 Å². The van der Waals surface area contributed by atoms with E-state index in [1.807, 2.05) is 30.3 Å². The molecule has 0 aliphatic heterocycles. The van der Waals surface area contributed by atoms with E-state index < -0.39 is 10.3 Å². The van der Waals surface area contributed by atoms with Crippen LogP contribution in [0.4, 0.5) is 0 Å². The van der Waals surface area contributed by atoms with Crippen molar-refractivity contribution < 1.29 is 9.53 Å². The number of carbonyl (C=O) groups excluding carboxylic acids is 1. The Hall–Kier alpha value is -1.23. The third-order valence-electron chi connectivity index (χ3n) is 3.58. The summed E-state index contributed by atoms with van der Waals surface area (Å²) in [4.78, 5) is 12.2. The number of benzene rings is 1. The van der Waals surface area contributed by atoms with E-state index in [-0.39, 0.29) is 23.2 Å². The first-order chi connectivity index (χ1) is 10.4. The van der Waals surface area contributed by atoms with E-state index in [1.54, 1.807) is 6.92 Å². The molecule has 1 aromatic heterocycles. The first-order valence-corrected chi connectivity index (χ1v) is 7.89. The zero-order valence-corrected chi connectivity index (χ0v) is 14.0. The Labute approximate surface area is 142 Å². The fourth-order valence-electron chi connectivity index (χ4n) is 2.17. The highest BCUT2D eigenvalue weighted by molar-refractivity contribution is 6.50. The number of para-hydroxylation sites is 1. The molecule has 116 valence electrons. The predicted octanol–water partition coefficient (Wildman–Crippen LogP) is 4.18. The van der Waals surface area contributed by atoms with Crippen molar-refractivity contribution in [3.05, 3.63) is 46.7 Å². The van der Waals surface area contributed by atoms with Gasteiger partial charge in [-0.05, 0) is 25.5 Å². The molecule has 0 bridgehead atoms. The molecule has 1 aliphatic carbocycles. The topological polar surface area (TPSA) is 44.1 Å². The van der Waals surface area contributed by atoms with Crippen LogP contribution in [0.25, 0.3) is 5.69 Å². The van der Waals surface area contributed by atoms with Crippen LogP contribution in [-0.2, 0) is 4.74 Å². The second-order valence-corrected chi connectivity index (χ2v) is 7.16. The van der Waals surface area contributed by atoms with Crippen molar-refractivity contribution >= 4 is 40.8 Å². The van der Waals surface area contributed by atoms with E-state index in [2.05, 4.69) is 5.10 Å². The van der Waals surface area contributed by atoms with Crippen molar-refractivity contribution in [2.24, 2.45) is 5.92 Å². The number of nitrogens with zero attached hydrogens (tertiary/aromatic N) is 2. The number of aryl methyl sites for hydroxylation is 1. The smallest absolute Gasteiger partial charge is 0.343 e. The van der Waals surface area contributed by atoms with Gasteiger partial charge >= 0.3 is 5.97 Å². The molecule has 1 aliphatic rings. The molecule has 0 unspecified atom stereocenters. The minimum absolute atomic E-state index is 0.0250. The lowest BCUT2D eigenvalue weighted by molar-refractivity contribution is 0.0484. The lowest BCUT2D eigenvalue weighted by Gasteiger charge is -2.05. The summed E-state index contributed by atoms with van der Waals surface area (Å²) in [7, 11) is 0. The Morgan fingerprint density at radius 2 is 2.05 bits per heavy atom. The summed E-state index contributed by atoms with van der Waals surface area (Å²) >= 11 is 18.1. The van der Waals surface area contributed by atoms with E-state index in [0.29, 0.717) is 12.1 Å². The van der Waals surface area contributed by atoms with Crippen molar-refractivity contribution in [3.8, 4) is 5.69 Å². The molecule has 0 spiro atoms. The lowest BCUT2D eigenvalue weighted by Crippen LogP contribution is -2.10. The van der Waals surface area contributed by atoms with Gasteiger partial charge in [-0.25, -0.2) is 9.48 Å². The van der Waals surface area contributed by atoms with Crippen molar-refractivity contribution in [2.45, 2.75) is 17.7 Å². The zero-order valence-electron chi connectivity index (χ0n) is 11.7. The molecule has 2 aromatic rings. The minimum atomic E-state index is -0.770. The molecule has 3 rings (SSSR count). The summed E-state index contributed by atoms with van der Waals surface area (Å²) in [6, 6.07) is 9.34. The van der Waals surface area contributed by atoms with Gasteiger partial charge in [0.25, 0.3) is 0 Å². The first kappa shape index (κ1) is 15.7. The van der Waals surface area contributed by atoms with Crippen LogP contribution in [0.2, 0.25) is 5.15 Å². The number of alkyl halides is 2. The minimum Gasteiger partial charge on any atom is -0.462 e. The number of hydrogen-bond donors (Lipinski definition) is 0. The van der Waals surface area contributed by atoms with Crippen LogP contribution in [0.15, 0.2) is 30.3 Å². The third kappa shape index (κ3) is 2.96. The highest BCUT2D eigenvalue weighted by Crippen LogP contribution is 2.53.